The second-order valence-electron chi connectivity index (χ2n) is 9.99. The first-order chi connectivity index (χ1) is 15.6. The fraction of sp³-hybridized carbons (Fsp3) is 0.654. The Morgan fingerprint density at radius 2 is 1.94 bits per heavy atom. The van der Waals surface area contributed by atoms with E-state index in [1.54, 1.807) is 0 Å². The number of rotatable bonds is 6. The van der Waals surface area contributed by atoms with Gasteiger partial charge in [0.2, 0.25) is 5.91 Å². The van der Waals surface area contributed by atoms with Gasteiger partial charge in [0.25, 0.3) is 0 Å². The number of carbonyl (C=O) groups excluding carboxylic acids is 1. The molecule has 2 aromatic rings. The molecular weight excluding hydrogens is 398 g/mol. The lowest BCUT2D eigenvalue weighted by atomic mass is 9.93. The van der Waals surface area contributed by atoms with Crippen LogP contribution in [0.1, 0.15) is 80.1 Å². The van der Waals surface area contributed by atoms with Gasteiger partial charge in [-0.3, -0.25) is 9.69 Å². The number of allylic oxidation sites excluding steroid dienone is 2. The van der Waals surface area contributed by atoms with E-state index in [-0.39, 0.29) is 5.91 Å². The van der Waals surface area contributed by atoms with Crippen molar-refractivity contribution in [3.63, 3.8) is 0 Å². The molecule has 6 nitrogen and oxygen atoms in total. The van der Waals surface area contributed by atoms with Gasteiger partial charge in [-0.1, -0.05) is 12.2 Å². The summed E-state index contributed by atoms with van der Waals surface area (Å²) in [6.07, 6.45) is 14.5. The molecule has 6 heteroatoms. The minimum Gasteiger partial charge on any atom is -0.343 e. The molecule has 0 spiro atoms. The molecule has 0 N–H and O–H groups in total. The van der Waals surface area contributed by atoms with Crippen molar-refractivity contribution in [3.05, 3.63) is 40.9 Å². The number of carbonyl (C=O) groups is 1. The molecule has 2 fully saturated rings. The SMILES string of the molecule is Cc1nc2cc([C@@H]3CCCN3C[C@H]3CC=CCC3)nn2c(C)c1CCC(=O)N1CCCC1. The molecule has 2 aromatic heterocycles. The molecule has 1 amide bonds. The van der Waals surface area contributed by atoms with Gasteiger partial charge in [-0.15, -0.1) is 0 Å². The van der Waals surface area contributed by atoms with Crippen LogP contribution in [-0.4, -0.2) is 56.5 Å². The summed E-state index contributed by atoms with van der Waals surface area (Å²) in [6.45, 7) is 8.41. The predicted octanol–water partition coefficient (Wildman–Crippen LogP) is 4.39. The molecule has 32 heavy (non-hydrogen) atoms. The first-order valence-corrected chi connectivity index (χ1v) is 12.6. The molecule has 2 atom stereocenters. The maximum absolute atomic E-state index is 12.6. The van der Waals surface area contributed by atoms with Crippen molar-refractivity contribution in [3.8, 4) is 0 Å². The normalized spacial score (nSPS) is 24.1. The van der Waals surface area contributed by atoms with Gasteiger partial charge < -0.3 is 4.90 Å². The van der Waals surface area contributed by atoms with Crippen molar-refractivity contribution >= 4 is 11.6 Å². The van der Waals surface area contributed by atoms with Gasteiger partial charge in [-0.25, -0.2) is 9.50 Å². The highest BCUT2D eigenvalue weighted by atomic mass is 16.2. The van der Waals surface area contributed by atoms with E-state index in [1.165, 1.54) is 50.8 Å². The van der Waals surface area contributed by atoms with Crippen LogP contribution in [0.3, 0.4) is 0 Å². The molecule has 2 saturated heterocycles. The van der Waals surface area contributed by atoms with Crippen molar-refractivity contribution in [1.82, 2.24) is 24.4 Å². The zero-order valence-corrected chi connectivity index (χ0v) is 19.7. The molecule has 0 saturated carbocycles. The number of aromatic nitrogens is 3. The van der Waals surface area contributed by atoms with E-state index in [1.807, 2.05) is 9.42 Å². The van der Waals surface area contributed by atoms with Crippen molar-refractivity contribution < 1.29 is 4.79 Å². The summed E-state index contributed by atoms with van der Waals surface area (Å²) in [5, 5.41) is 5.05. The Morgan fingerprint density at radius 3 is 2.72 bits per heavy atom. The maximum Gasteiger partial charge on any atom is 0.222 e. The summed E-state index contributed by atoms with van der Waals surface area (Å²) in [4.78, 5) is 22.1. The van der Waals surface area contributed by atoms with E-state index in [4.69, 9.17) is 10.1 Å². The lowest BCUT2D eigenvalue weighted by Crippen LogP contribution is -2.30. The molecular formula is C26H37N5O. The van der Waals surface area contributed by atoms with Crippen LogP contribution in [0.15, 0.2) is 18.2 Å². The lowest BCUT2D eigenvalue weighted by molar-refractivity contribution is -0.130. The third-order valence-corrected chi connectivity index (χ3v) is 7.81. The monoisotopic (exact) mass is 435 g/mol. The largest absolute Gasteiger partial charge is 0.343 e. The molecule has 3 aliphatic rings. The molecule has 0 radical (unpaired) electrons. The summed E-state index contributed by atoms with van der Waals surface area (Å²) in [7, 11) is 0. The van der Waals surface area contributed by atoms with Gasteiger partial charge in [0.15, 0.2) is 5.65 Å². The number of amides is 1. The van der Waals surface area contributed by atoms with E-state index in [2.05, 4.69) is 37.0 Å². The summed E-state index contributed by atoms with van der Waals surface area (Å²) in [5.74, 6) is 1.06. The quantitative estimate of drug-likeness (QED) is 0.632. The van der Waals surface area contributed by atoms with E-state index < -0.39 is 0 Å². The minimum absolute atomic E-state index is 0.279. The van der Waals surface area contributed by atoms with Gasteiger partial charge in [-0.2, -0.15) is 5.10 Å². The van der Waals surface area contributed by atoms with Gasteiger partial charge in [-0.05, 0) is 83.2 Å². The Morgan fingerprint density at radius 1 is 1.09 bits per heavy atom. The van der Waals surface area contributed by atoms with E-state index >= 15 is 0 Å². The van der Waals surface area contributed by atoms with Crippen LogP contribution >= 0.6 is 0 Å². The Kier molecular flexibility index (Phi) is 6.31. The van der Waals surface area contributed by atoms with Crippen molar-refractivity contribution in [2.24, 2.45) is 5.92 Å². The van der Waals surface area contributed by atoms with Crippen LogP contribution in [0, 0.1) is 19.8 Å². The number of aryl methyl sites for hydroxylation is 2. The van der Waals surface area contributed by atoms with Crippen LogP contribution in [0.5, 0.6) is 0 Å². The first-order valence-electron chi connectivity index (χ1n) is 12.6. The summed E-state index contributed by atoms with van der Waals surface area (Å²) < 4.78 is 2.03. The molecule has 0 bridgehead atoms. The maximum atomic E-state index is 12.6. The smallest absolute Gasteiger partial charge is 0.222 e. The van der Waals surface area contributed by atoms with E-state index in [9.17, 15) is 4.79 Å². The highest BCUT2D eigenvalue weighted by Crippen LogP contribution is 2.34. The Balaban J connectivity index is 1.33. The minimum atomic E-state index is 0.279. The van der Waals surface area contributed by atoms with Gasteiger partial charge in [0, 0.05) is 43.5 Å². The van der Waals surface area contributed by atoms with Crippen LogP contribution in [0.4, 0.5) is 0 Å². The number of hydrogen-bond donors (Lipinski definition) is 0. The van der Waals surface area contributed by atoms with E-state index in [0.29, 0.717) is 12.5 Å². The predicted molar refractivity (Wildman–Crippen MR) is 127 cm³/mol. The molecule has 0 aromatic carbocycles. The second-order valence-corrected chi connectivity index (χ2v) is 9.99. The first kappa shape index (κ1) is 21.6. The highest BCUT2D eigenvalue weighted by Gasteiger charge is 2.30. The van der Waals surface area contributed by atoms with Crippen LogP contribution in [0.2, 0.25) is 0 Å². The molecule has 172 valence electrons. The fourth-order valence-corrected chi connectivity index (χ4v) is 5.96. The number of nitrogens with zero attached hydrogens (tertiary/aromatic N) is 5. The lowest BCUT2D eigenvalue weighted by Gasteiger charge is -2.28. The summed E-state index contributed by atoms with van der Waals surface area (Å²) in [5.41, 5.74) is 5.45. The molecule has 1 aliphatic carbocycles. The third-order valence-electron chi connectivity index (χ3n) is 7.81. The Labute approximate surface area is 191 Å². The Hall–Kier alpha value is -2.21. The van der Waals surface area contributed by atoms with Gasteiger partial charge in [0.05, 0.1) is 11.7 Å². The van der Waals surface area contributed by atoms with Crippen LogP contribution in [-0.2, 0) is 11.2 Å². The van der Waals surface area contributed by atoms with Crippen molar-refractivity contribution in [2.75, 3.05) is 26.2 Å². The number of fused-ring (bicyclic) bond motifs is 1. The molecule has 2 aliphatic heterocycles. The van der Waals surface area contributed by atoms with E-state index in [0.717, 1.165) is 61.0 Å². The van der Waals surface area contributed by atoms with Crippen LogP contribution in [0.25, 0.3) is 5.65 Å². The molecule has 5 rings (SSSR count). The zero-order chi connectivity index (χ0) is 22.1. The van der Waals surface area contributed by atoms with Crippen molar-refractivity contribution in [2.45, 2.75) is 77.7 Å². The second kappa shape index (κ2) is 9.34. The highest BCUT2D eigenvalue weighted by molar-refractivity contribution is 5.76. The van der Waals surface area contributed by atoms with Crippen molar-refractivity contribution in [1.29, 1.82) is 0 Å². The standard InChI is InChI=1S/C26H37N5O/c1-19-22(12-13-26(32)29-14-6-7-15-29)20(2)31-25(27-19)17-23(28-31)24-11-8-16-30(24)18-21-9-4-3-5-10-21/h3-4,17,21,24H,5-16,18H2,1-2H3/t21-,24-/m0/s1. The summed E-state index contributed by atoms with van der Waals surface area (Å²) >= 11 is 0. The topological polar surface area (TPSA) is 53.7 Å². The average Bonchev–Trinajstić information content (AvgIpc) is 3.55. The van der Waals surface area contributed by atoms with Gasteiger partial charge in [0.1, 0.15) is 0 Å². The molecule has 0 unspecified atom stereocenters. The third kappa shape index (κ3) is 4.34. The number of likely N-dealkylation sites (tertiary alicyclic amines) is 2. The van der Waals surface area contributed by atoms with Crippen LogP contribution < -0.4 is 0 Å². The zero-order valence-electron chi connectivity index (χ0n) is 19.7. The number of hydrogen-bond acceptors (Lipinski definition) is 4. The van der Waals surface area contributed by atoms with Gasteiger partial charge >= 0.3 is 0 Å². The Bertz CT molecular complexity index is 1000. The summed E-state index contributed by atoms with van der Waals surface area (Å²) in [6, 6.07) is 2.60. The fourth-order valence-electron chi connectivity index (χ4n) is 5.96. The average molecular weight is 436 g/mol. The molecule has 4 heterocycles.